The molecule has 3 amide bonds. The highest BCUT2D eigenvalue weighted by atomic mass is 32.2. The van der Waals surface area contributed by atoms with Gasteiger partial charge in [0.15, 0.2) is 9.84 Å². The highest BCUT2D eigenvalue weighted by Crippen LogP contribution is 2.10. The monoisotopic (exact) mass is 481 g/mol. The fourth-order valence-corrected chi connectivity index (χ4v) is 3.11. The lowest BCUT2D eigenvalue weighted by molar-refractivity contribution is -0.139. The van der Waals surface area contributed by atoms with E-state index < -0.39 is 39.4 Å². The molecule has 0 unspecified atom stereocenters. The van der Waals surface area contributed by atoms with Gasteiger partial charge in [-0.1, -0.05) is 44.2 Å². The molecule has 0 saturated carbocycles. The first-order valence-corrected chi connectivity index (χ1v) is 12.7. The lowest BCUT2D eigenvalue weighted by atomic mass is 10.0. The number of nitrogens with one attached hydrogen (secondary N) is 2. The molecule has 1 rings (SSSR count). The summed E-state index contributed by atoms with van der Waals surface area (Å²) < 4.78 is 28.1. The van der Waals surface area contributed by atoms with Gasteiger partial charge in [-0.05, 0) is 45.1 Å². The molecule has 184 valence electrons. The molecule has 0 saturated heterocycles. The van der Waals surface area contributed by atoms with Crippen LogP contribution in [0.3, 0.4) is 0 Å². The fraction of sp³-hybridized carbons (Fsp3) is 0.522. The molecule has 1 atom stereocenters. The number of sulfone groups is 1. The summed E-state index contributed by atoms with van der Waals surface area (Å²) in [5.74, 6) is -1.25. The molecule has 0 aliphatic heterocycles. The Morgan fingerprint density at radius 3 is 2.24 bits per heavy atom. The van der Waals surface area contributed by atoms with E-state index in [-0.39, 0.29) is 12.5 Å². The Bertz CT molecular complexity index is 937. The largest absolute Gasteiger partial charge is 0.444 e. The molecule has 0 bridgehead atoms. The third kappa shape index (κ3) is 12.7. The summed E-state index contributed by atoms with van der Waals surface area (Å²) in [5, 5.41) is 4.38. The van der Waals surface area contributed by atoms with Crippen LogP contribution in [0.15, 0.2) is 41.8 Å². The zero-order valence-electron chi connectivity index (χ0n) is 20.1. The highest BCUT2D eigenvalue weighted by molar-refractivity contribution is 7.93. The van der Waals surface area contributed by atoms with Crippen LogP contribution in [-0.2, 0) is 30.6 Å². The molecule has 9 nitrogen and oxygen atoms in total. The molecule has 0 aliphatic rings. The van der Waals surface area contributed by atoms with E-state index in [4.69, 9.17) is 4.74 Å². The van der Waals surface area contributed by atoms with Gasteiger partial charge in [0.05, 0.1) is 0 Å². The quantitative estimate of drug-likeness (QED) is 0.413. The number of nitrogens with zero attached hydrogens (tertiary/aromatic N) is 1. The van der Waals surface area contributed by atoms with E-state index in [0.717, 1.165) is 28.3 Å². The number of hydrogen-bond donors (Lipinski definition) is 2. The molecule has 0 aliphatic carbocycles. The van der Waals surface area contributed by atoms with Crippen molar-refractivity contribution in [3.05, 3.63) is 47.4 Å². The van der Waals surface area contributed by atoms with Crippen molar-refractivity contribution >= 4 is 27.7 Å². The molecule has 0 spiro atoms. The molecule has 10 heteroatoms. The topological polar surface area (TPSA) is 122 Å². The molecule has 1 aromatic carbocycles. The number of hydrogen-bond acceptors (Lipinski definition) is 6. The molecule has 0 radical (unpaired) electrons. The van der Waals surface area contributed by atoms with Gasteiger partial charge in [0.25, 0.3) is 11.8 Å². The van der Waals surface area contributed by atoms with Crippen molar-refractivity contribution in [1.82, 2.24) is 15.8 Å². The number of alkyl carbamates (subject to hydrolysis) is 1. The Balaban J connectivity index is 3.03. The standard InChI is InChI=1S/C23H35N3O6S/c1-17(2)16-19(24-22(29)32-23(3,4)5)21(28)25-26(20(27)13-15-33(6,30)31)14-12-18-10-8-7-9-11-18/h7-11,13,15,17,19H,12,14,16H2,1-6H3,(H,24,29)(H,25,28)/b15-13+/t19-/m0/s1. The normalized spacial score (nSPS) is 12.9. The van der Waals surface area contributed by atoms with Gasteiger partial charge in [-0.2, -0.15) is 0 Å². The molecule has 2 N–H and O–H groups in total. The first-order valence-electron chi connectivity index (χ1n) is 10.7. The second-order valence-corrected chi connectivity index (χ2v) is 11.1. The first kappa shape index (κ1) is 28.2. The Morgan fingerprint density at radius 1 is 1.12 bits per heavy atom. The van der Waals surface area contributed by atoms with Gasteiger partial charge >= 0.3 is 6.09 Å². The van der Waals surface area contributed by atoms with E-state index in [1.54, 1.807) is 20.8 Å². The van der Waals surface area contributed by atoms with Gasteiger partial charge < -0.3 is 10.1 Å². The third-order valence-electron chi connectivity index (χ3n) is 4.15. The maximum atomic E-state index is 13.0. The third-order valence-corrected chi connectivity index (χ3v) is 4.78. The number of benzene rings is 1. The van der Waals surface area contributed by atoms with Crippen LogP contribution in [0.2, 0.25) is 0 Å². The van der Waals surface area contributed by atoms with Gasteiger partial charge in [-0.3, -0.25) is 20.0 Å². The van der Waals surface area contributed by atoms with Gasteiger partial charge in [0, 0.05) is 24.3 Å². The Hall–Kier alpha value is -2.88. The number of amides is 3. The molecular formula is C23H35N3O6S. The summed E-state index contributed by atoms with van der Waals surface area (Å²) >= 11 is 0. The number of hydrazine groups is 1. The van der Waals surface area contributed by atoms with Crippen molar-refractivity contribution in [2.24, 2.45) is 5.92 Å². The SMILES string of the molecule is CC(C)C[C@H](NC(=O)OC(C)(C)C)C(=O)NN(CCc1ccccc1)C(=O)/C=C/S(C)(=O)=O. The summed E-state index contributed by atoms with van der Waals surface area (Å²) in [6.45, 7) is 9.02. The van der Waals surface area contributed by atoms with Crippen molar-refractivity contribution in [2.75, 3.05) is 12.8 Å². The van der Waals surface area contributed by atoms with Crippen molar-refractivity contribution in [3.8, 4) is 0 Å². The van der Waals surface area contributed by atoms with Crippen molar-refractivity contribution < 1.29 is 27.5 Å². The van der Waals surface area contributed by atoms with E-state index in [1.165, 1.54) is 0 Å². The second kappa shape index (κ2) is 12.4. The van der Waals surface area contributed by atoms with Crippen molar-refractivity contribution in [3.63, 3.8) is 0 Å². The van der Waals surface area contributed by atoms with Crippen molar-refractivity contribution in [2.45, 2.75) is 59.1 Å². The minimum Gasteiger partial charge on any atom is -0.444 e. The van der Waals surface area contributed by atoms with E-state index in [0.29, 0.717) is 12.8 Å². The van der Waals surface area contributed by atoms with Crippen LogP contribution < -0.4 is 10.7 Å². The predicted octanol–water partition coefficient (Wildman–Crippen LogP) is 2.59. The molecule has 0 aromatic heterocycles. The minimum absolute atomic E-state index is 0.0642. The van der Waals surface area contributed by atoms with Crippen molar-refractivity contribution in [1.29, 1.82) is 0 Å². The minimum atomic E-state index is -3.53. The summed E-state index contributed by atoms with van der Waals surface area (Å²) in [6.07, 6.45) is 1.84. The Labute approximate surface area is 196 Å². The Kier molecular flexibility index (Phi) is 10.6. The molecule has 33 heavy (non-hydrogen) atoms. The van der Waals surface area contributed by atoms with Crippen LogP contribution in [0.25, 0.3) is 0 Å². The van der Waals surface area contributed by atoms with Crippen LogP contribution in [0.4, 0.5) is 4.79 Å². The lowest BCUT2D eigenvalue weighted by Gasteiger charge is -2.27. The van der Waals surface area contributed by atoms with E-state index >= 15 is 0 Å². The summed E-state index contributed by atoms with van der Waals surface area (Å²) in [6, 6.07) is 8.37. The van der Waals surface area contributed by atoms with E-state index in [1.807, 2.05) is 44.2 Å². The Morgan fingerprint density at radius 2 is 1.73 bits per heavy atom. The van der Waals surface area contributed by atoms with Crippen LogP contribution in [0, 0.1) is 5.92 Å². The molecule has 0 heterocycles. The summed E-state index contributed by atoms with van der Waals surface area (Å²) in [7, 11) is -3.53. The van der Waals surface area contributed by atoms with E-state index in [2.05, 4.69) is 10.7 Å². The number of carbonyl (C=O) groups excluding carboxylic acids is 3. The number of ether oxygens (including phenoxy) is 1. The van der Waals surface area contributed by atoms with Crippen LogP contribution >= 0.6 is 0 Å². The fourth-order valence-electron chi connectivity index (χ4n) is 2.74. The molecule has 1 aromatic rings. The zero-order chi connectivity index (χ0) is 25.2. The highest BCUT2D eigenvalue weighted by Gasteiger charge is 2.27. The smallest absolute Gasteiger partial charge is 0.408 e. The van der Waals surface area contributed by atoms with Crippen LogP contribution in [0.5, 0.6) is 0 Å². The summed E-state index contributed by atoms with van der Waals surface area (Å²) in [5.41, 5.74) is 2.72. The van der Waals surface area contributed by atoms with Gasteiger partial charge in [0.1, 0.15) is 11.6 Å². The average molecular weight is 482 g/mol. The predicted molar refractivity (Wildman–Crippen MR) is 127 cm³/mol. The van der Waals surface area contributed by atoms with Gasteiger partial charge in [-0.25, -0.2) is 13.2 Å². The van der Waals surface area contributed by atoms with Gasteiger partial charge in [0.2, 0.25) is 0 Å². The maximum Gasteiger partial charge on any atom is 0.408 e. The summed E-state index contributed by atoms with van der Waals surface area (Å²) in [4.78, 5) is 37.9. The second-order valence-electron chi connectivity index (χ2n) is 9.16. The van der Waals surface area contributed by atoms with E-state index in [9.17, 15) is 22.8 Å². The first-order chi connectivity index (χ1) is 15.2. The van der Waals surface area contributed by atoms with Gasteiger partial charge in [-0.15, -0.1) is 0 Å². The lowest BCUT2D eigenvalue weighted by Crippen LogP contribution is -2.55. The zero-order valence-corrected chi connectivity index (χ0v) is 20.9. The van der Waals surface area contributed by atoms with Crippen LogP contribution in [-0.4, -0.2) is 55.8 Å². The van der Waals surface area contributed by atoms with Crippen LogP contribution in [0.1, 0.15) is 46.6 Å². The molecular weight excluding hydrogens is 446 g/mol. The number of carbonyl (C=O) groups is 3. The average Bonchev–Trinajstić information content (AvgIpc) is 2.67. The molecule has 0 fully saturated rings. The maximum absolute atomic E-state index is 13.0. The number of rotatable bonds is 9.